The molecule has 0 aromatic heterocycles. The van der Waals surface area contributed by atoms with Crippen LogP contribution in [0.15, 0.2) is 4.99 Å². The second-order valence-electron chi connectivity index (χ2n) is 7.38. The van der Waals surface area contributed by atoms with E-state index >= 15 is 0 Å². The van der Waals surface area contributed by atoms with Crippen molar-refractivity contribution in [3.8, 4) is 0 Å². The normalized spacial score (nSPS) is 26.3. The second-order valence-corrected chi connectivity index (χ2v) is 7.38. The molecule has 2 unspecified atom stereocenters. The molecular weight excluding hydrogens is 294 g/mol. The number of esters is 1. The van der Waals surface area contributed by atoms with E-state index in [-0.39, 0.29) is 18.0 Å². The first-order valence-corrected chi connectivity index (χ1v) is 8.69. The summed E-state index contributed by atoms with van der Waals surface area (Å²) in [6, 6.07) is 0. The number of hydrogen-bond donors (Lipinski definition) is 1. The zero-order chi connectivity index (χ0) is 16.9. The maximum absolute atomic E-state index is 12.2. The molecule has 2 aliphatic rings. The van der Waals surface area contributed by atoms with Gasteiger partial charge in [-0.1, -0.05) is 0 Å². The molecule has 0 radical (unpaired) electrons. The fourth-order valence-corrected chi connectivity index (χ4v) is 3.04. The molecule has 2 saturated heterocycles. The van der Waals surface area contributed by atoms with Crippen molar-refractivity contribution < 1.29 is 14.3 Å². The number of likely N-dealkylation sites (tertiary alicyclic amines) is 1. The molecule has 6 heteroatoms. The number of aliphatic imine (C=N–C) groups is 1. The van der Waals surface area contributed by atoms with Crippen LogP contribution in [0.5, 0.6) is 0 Å². The Hall–Kier alpha value is -1.30. The third-order valence-electron chi connectivity index (χ3n) is 4.20. The molecule has 2 fully saturated rings. The van der Waals surface area contributed by atoms with Gasteiger partial charge in [-0.25, -0.2) is 0 Å². The fourth-order valence-electron chi connectivity index (χ4n) is 3.04. The minimum Gasteiger partial charge on any atom is -0.460 e. The Labute approximate surface area is 139 Å². The highest BCUT2D eigenvalue weighted by molar-refractivity contribution is 5.82. The predicted molar refractivity (Wildman–Crippen MR) is 90.5 cm³/mol. The molecule has 132 valence electrons. The molecule has 1 N–H and O–H groups in total. The van der Waals surface area contributed by atoms with Gasteiger partial charge in [-0.05, 0) is 46.5 Å². The summed E-state index contributed by atoms with van der Waals surface area (Å²) >= 11 is 0. The van der Waals surface area contributed by atoms with Gasteiger partial charge in [0.25, 0.3) is 0 Å². The molecule has 2 atom stereocenters. The topological polar surface area (TPSA) is 63.2 Å². The molecule has 23 heavy (non-hydrogen) atoms. The number of nitrogens with zero attached hydrogens (tertiary/aromatic N) is 2. The van der Waals surface area contributed by atoms with Gasteiger partial charge >= 0.3 is 5.97 Å². The van der Waals surface area contributed by atoms with Gasteiger partial charge in [0.1, 0.15) is 5.60 Å². The Kier molecular flexibility index (Phi) is 6.27. The van der Waals surface area contributed by atoms with Gasteiger partial charge in [-0.3, -0.25) is 9.79 Å². The van der Waals surface area contributed by atoms with Gasteiger partial charge in [-0.2, -0.15) is 0 Å². The lowest BCUT2D eigenvalue weighted by molar-refractivity contribution is -0.159. The standard InChI is InChI=1S/C17H31N3O3/c1-17(2,3)23-15(21)13-8-9-20(12-13)16(18-4)19-11-14-7-5-6-10-22-14/h13-14H,5-12H2,1-4H3,(H,18,19). The first kappa shape index (κ1) is 18.0. The van der Waals surface area contributed by atoms with Crippen LogP contribution < -0.4 is 5.32 Å². The maximum atomic E-state index is 12.2. The van der Waals surface area contributed by atoms with Crippen LogP contribution >= 0.6 is 0 Å². The second kappa shape index (κ2) is 7.99. The summed E-state index contributed by atoms with van der Waals surface area (Å²) in [4.78, 5) is 18.7. The van der Waals surface area contributed by atoms with Crippen LogP contribution in [0, 0.1) is 5.92 Å². The molecule has 0 aromatic carbocycles. The molecule has 0 spiro atoms. The molecule has 2 heterocycles. The maximum Gasteiger partial charge on any atom is 0.311 e. The van der Waals surface area contributed by atoms with E-state index in [9.17, 15) is 4.79 Å². The average Bonchev–Trinajstić information content (AvgIpc) is 2.97. The number of nitrogens with one attached hydrogen (secondary N) is 1. The Morgan fingerprint density at radius 1 is 1.35 bits per heavy atom. The third kappa shape index (κ3) is 5.68. The van der Waals surface area contributed by atoms with Crippen molar-refractivity contribution in [2.45, 2.75) is 58.2 Å². The summed E-state index contributed by atoms with van der Waals surface area (Å²) in [6.07, 6.45) is 4.58. The van der Waals surface area contributed by atoms with E-state index in [0.29, 0.717) is 6.54 Å². The van der Waals surface area contributed by atoms with Crippen LogP contribution in [0.2, 0.25) is 0 Å². The Balaban J connectivity index is 1.80. The van der Waals surface area contributed by atoms with Gasteiger partial charge in [0.2, 0.25) is 0 Å². The number of guanidine groups is 1. The smallest absolute Gasteiger partial charge is 0.311 e. The third-order valence-corrected chi connectivity index (χ3v) is 4.20. The highest BCUT2D eigenvalue weighted by Crippen LogP contribution is 2.21. The van der Waals surface area contributed by atoms with E-state index in [1.165, 1.54) is 6.42 Å². The van der Waals surface area contributed by atoms with Crippen LogP contribution in [-0.2, 0) is 14.3 Å². The van der Waals surface area contributed by atoms with Crippen molar-refractivity contribution in [3.63, 3.8) is 0 Å². The summed E-state index contributed by atoms with van der Waals surface area (Å²) < 4.78 is 11.2. The SMILES string of the molecule is CN=C(NCC1CCCCO1)N1CCC(C(=O)OC(C)(C)C)C1. The predicted octanol–water partition coefficient (Wildman–Crippen LogP) is 1.79. The summed E-state index contributed by atoms with van der Waals surface area (Å²) in [7, 11) is 1.78. The lowest BCUT2D eigenvalue weighted by Crippen LogP contribution is -2.44. The highest BCUT2D eigenvalue weighted by Gasteiger charge is 2.33. The first-order chi connectivity index (χ1) is 10.9. The van der Waals surface area contributed by atoms with Gasteiger partial charge in [0, 0.05) is 33.3 Å². The average molecular weight is 325 g/mol. The van der Waals surface area contributed by atoms with Crippen LogP contribution in [0.4, 0.5) is 0 Å². The Bertz CT molecular complexity index is 425. The van der Waals surface area contributed by atoms with E-state index in [4.69, 9.17) is 9.47 Å². The van der Waals surface area contributed by atoms with Crippen LogP contribution in [0.1, 0.15) is 46.5 Å². The largest absolute Gasteiger partial charge is 0.460 e. The first-order valence-electron chi connectivity index (χ1n) is 8.69. The van der Waals surface area contributed by atoms with Gasteiger partial charge < -0.3 is 19.7 Å². The number of carbonyl (C=O) groups is 1. The number of ether oxygens (including phenoxy) is 2. The van der Waals surface area contributed by atoms with E-state index in [0.717, 1.165) is 44.9 Å². The summed E-state index contributed by atoms with van der Waals surface area (Å²) in [6.45, 7) is 8.84. The molecule has 0 bridgehead atoms. The number of carbonyl (C=O) groups excluding carboxylic acids is 1. The van der Waals surface area contributed by atoms with Crippen molar-refractivity contribution in [2.75, 3.05) is 33.3 Å². The summed E-state index contributed by atoms with van der Waals surface area (Å²) in [5.74, 6) is 0.676. The van der Waals surface area contributed by atoms with Gasteiger partial charge in [0.15, 0.2) is 5.96 Å². The zero-order valence-electron chi connectivity index (χ0n) is 14.9. The Morgan fingerprint density at radius 3 is 2.74 bits per heavy atom. The van der Waals surface area contributed by atoms with Crippen molar-refractivity contribution in [3.05, 3.63) is 0 Å². The van der Waals surface area contributed by atoms with E-state index in [1.807, 2.05) is 20.8 Å². The van der Waals surface area contributed by atoms with Crippen molar-refractivity contribution in [2.24, 2.45) is 10.9 Å². The Morgan fingerprint density at radius 2 is 2.13 bits per heavy atom. The van der Waals surface area contributed by atoms with Crippen LogP contribution in [0.25, 0.3) is 0 Å². The number of rotatable bonds is 3. The molecule has 0 amide bonds. The van der Waals surface area contributed by atoms with Gasteiger partial charge in [-0.15, -0.1) is 0 Å². The van der Waals surface area contributed by atoms with E-state index in [1.54, 1.807) is 7.05 Å². The quantitative estimate of drug-likeness (QED) is 0.487. The summed E-state index contributed by atoms with van der Waals surface area (Å²) in [5, 5.41) is 3.39. The number of hydrogen-bond acceptors (Lipinski definition) is 4. The van der Waals surface area contributed by atoms with Crippen LogP contribution in [-0.4, -0.2) is 61.8 Å². The molecule has 2 aliphatic heterocycles. The molecule has 6 nitrogen and oxygen atoms in total. The lowest BCUT2D eigenvalue weighted by atomic mass is 10.1. The van der Waals surface area contributed by atoms with Crippen molar-refractivity contribution >= 4 is 11.9 Å². The lowest BCUT2D eigenvalue weighted by Gasteiger charge is -2.27. The monoisotopic (exact) mass is 325 g/mol. The zero-order valence-corrected chi connectivity index (χ0v) is 14.9. The van der Waals surface area contributed by atoms with E-state index < -0.39 is 5.60 Å². The minimum absolute atomic E-state index is 0.0706. The molecule has 0 saturated carbocycles. The van der Waals surface area contributed by atoms with Gasteiger partial charge in [0.05, 0.1) is 12.0 Å². The summed E-state index contributed by atoms with van der Waals surface area (Å²) in [5.41, 5.74) is -0.428. The molecule has 0 aromatic rings. The van der Waals surface area contributed by atoms with Crippen molar-refractivity contribution in [1.29, 1.82) is 0 Å². The van der Waals surface area contributed by atoms with E-state index in [2.05, 4.69) is 15.2 Å². The van der Waals surface area contributed by atoms with Crippen molar-refractivity contribution in [1.82, 2.24) is 10.2 Å². The van der Waals surface area contributed by atoms with Crippen LogP contribution in [0.3, 0.4) is 0 Å². The molecular formula is C17H31N3O3. The fraction of sp³-hybridized carbons (Fsp3) is 0.882. The molecule has 2 rings (SSSR count). The minimum atomic E-state index is -0.428. The highest BCUT2D eigenvalue weighted by atomic mass is 16.6. The molecule has 0 aliphatic carbocycles.